The highest BCUT2D eigenvalue weighted by Crippen LogP contribution is 2.16. The van der Waals surface area contributed by atoms with Gasteiger partial charge >= 0.3 is 6.09 Å². The number of carboxylic acid groups (broad SMARTS) is 1. The van der Waals surface area contributed by atoms with Crippen molar-refractivity contribution in [2.75, 3.05) is 13.1 Å². The zero-order chi connectivity index (χ0) is 11.6. The van der Waals surface area contributed by atoms with Crippen molar-refractivity contribution in [2.24, 2.45) is 10.3 Å². The van der Waals surface area contributed by atoms with Gasteiger partial charge in [-0.15, -0.1) is 0 Å². The predicted molar refractivity (Wildman–Crippen MR) is 59.5 cm³/mol. The first-order chi connectivity index (χ1) is 6.80. The van der Waals surface area contributed by atoms with E-state index in [1.807, 2.05) is 20.8 Å². The summed E-state index contributed by atoms with van der Waals surface area (Å²) in [6.45, 7) is 6.47. The standard InChI is InChI=1S/C9H16N2O3S/c1-9(2,3)15(14)10-4-7-5-11(6-7)8(12)13/h4,7H,5-6H2,1-3H3,(H,12,13)/t15-/m1/s1. The van der Waals surface area contributed by atoms with Crippen molar-refractivity contribution in [3.63, 3.8) is 0 Å². The van der Waals surface area contributed by atoms with Gasteiger partial charge in [0.15, 0.2) is 0 Å². The lowest BCUT2D eigenvalue weighted by Crippen LogP contribution is -2.50. The van der Waals surface area contributed by atoms with E-state index in [1.165, 1.54) is 4.90 Å². The molecule has 86 valence electrons. The Bertz CT molecular complexity index is 303. The molecule has 0 radical (unpaired) electrons. The van der Waals surface area contributed by atoms with Crippen LogP contribution >= 0.6 is 0 Å². The summed E-state index contributed by atoms with van der Waals surface area (Å²) in [7, 11) is -1.24. The van der Waals surface area contributed by atoms with E-state index in [9.17, 15) is 9.00 Å². The van der Waals surface area contributed by atoms with Crippen LogP contribution in [0.4, 0.5) is 4.79 Å². The number of amides is 1. The molecule has 1 aliphatic heterocycles. The second-order valence-electron chi connectivity index (χ2n) is 4.56. The van der Waals surface area contributed by atoms with E-state index in [0.717, 1.165) is 0 Å². The first-order valence-corrected chi connectivity index (χ1v) is 5.85. The predicted octanol–water partition coefficient (Wildman–Crippen LogP) is 1.13. The molecule has 1 atom stereocenters. The van der Waals surface area contributed by atoms with E-state index in [0.29, 0.717) is 13.1 Å². The van der Waals surface area contributed by atoms with E-state index >= 15 is 0 Å². The summed E-state index contributed by atoms with van der Waals surface area (Å²) in [4.78, 5) is 11.7. The van der Waals surface area contributed by atoms with Crippen molar-refractivity contribution in [1.29, 1.82) is 0 Å². The van der Waals surface area contributed by atoms with Gasteiger partial charge in [0.1, 0.15) is 11.0 Å². The van der Waals surface area contributed by atoms with Crippen LogP contribution in [-0.4, -0.2) is 44.4 Å². The van der Waals surface area contributed by atoms with Crippen LogP contribution in [0, 0.1) is 5.92 Å². The highest BCUT2D eigenvalue weighted by atomic mass is 32.2. The molecule has 1 heterocycles. The van der Waals surface area contributed by atoms with Gasteiger partial charge in [-0.05, 0) is 20.8 Å². The number of hydrogen-bond donors (Lipinski definition) is 1. The molecular weight excluding hydrogens is 216 g/mol. The van der Waals surface area contributed by atoms with Crippen LogP contribution in [0.5, 0.6) is 0 Å². The third-order valence-electron chi connectivity index (χ3n) is 2.07. The van der Waals surface area contributed by atoms with Gasteiger partial charge in [0.25, 0.3) is 0 Å². The van der Waals surface area contributed by atoms with E-state index in [1.54, 1.807) is 6.21 Å². The van der Waals surface area contributed by atoms with Gasteiger partial charge in [0, 0.05) is 25.2 Å². The first kappa shape index (κ1) is 12.2. The number of hydrogen-bond acceptors (Lipinski definition) is 2. The number of nitrogens with zero attached hydrogens (tertiary/aromatic N) is 2. The second-order valence-corrected chi connectivity index (χ2v) is 6.50. The molecule has 0 aliphatic carbocycles. The average molecular weight is 232 g/mol. The van der Waals surface area contributed by atoms with Gasteiger partial charge in [-0.2, -0.15) is 4.40 Å². The second kappa shape index (κ2) is 4.30. The molecule has 0 unspecified atom stereocenters. The Morgan fingerprint density at radius 2 is 2.07 bits per heavy atom. The van der Waals surface area contributed by atoms with Gasteiger partial charge in [0.05, 0.1) is 4.75 Å². The molecule has 0 bridgehead atoms. The van der Waals surface area contributed by atoms with Gasteiger partial charge in [-0.3, -0.25) is 0 Å². The largest absolute Gasteiger partial charge is 0.465 e. The van der Waals surface area contributed by atoms with Gasteiger partial charge in [0.2, 0.25) is 0 Å². The monoisotopic (exact) mass is 232 g/mol. The molecule has 1 fully saturated rings. The molecule has 1 aliphatic rings. The van der Waals surface area contributed by atoms with Crippen LogP contribution in [0.25, 0.3) is 0 Å². The summed E-state index contributed by atoms with van der Waals surface area (Å²) in [5.74, 6) is 0.118. The average Bonchev–Trinajstić information content (AvgIpc) is 1.98. The van der Waals surface area contributed by atoms with Crippen LogP contribution in [0.15, 0.2) is 4.40 Å². The summed E-state index contributed by atoms with van der Waals surface area (Å²) in [6.07, 6.45) is 0.706. The summed E-state index contributed by atoms with van der Waals surface area (Å²) >= 11 is 0. The Morgan fingerprint density at radius 3 is 2.47 bits per heavy atom. The smallest absolute Gasteiger partial charge is 0.407 e. The summed E-state index contributed by atoms with van der Waals surface area (Å²) < 4.78 is 15.1. The molecular formula is C9H16N2O3S. The topological polar surface area (TPSA) is 70.0 Å². The Labute approximate surface area is 91.8 Å². The van der Waals surface area contributed by atoms with Crippen LogP contribution in [0.2, 0.25) is 0 Å². The maximum absolute atomic E-state index is 11.5. The lowest BCUT2D eigenvalue weighted by atomic mass is 10.0. The lowest BCUT2D eigenvalue weighted by Gasteiger charge is -2.34. The fraction of sp³-hybridized carbons (Fsp3) is 0.778. The zero-order valence-corrected chi connectivity index (χ0v) is 9.95. The molecule has 1 saturated heterocycles. The minimum absolute atomic E-state index is 0.118. The maximum atomic E-state index is 11.5. The lowest BCUT2D eigenvalue weighted by molar-refractivity contribution is 0.104. The zero-order valence-electron chi connectivity index (χ0n) is 9.14. The molecule has 15 heavy (non-hydrogen) atoms. The normalized spacial score (nSPS) is 20.3. The third kappa shape index (κ3) is 3.30. The molecule has 0 spiro atoms. The minimum atomic E-state index is -1.24. The van der Waals surface area contributed by atoms with Crippen molar-refractivity contribution in [2.45, 2.75) is 25.5 Å². The molecule has 0 saturated carbocycles. The highest BCUT2D eigenvalue weighted by Gasteiger charge is 2.29. The van der Waals surface area contributed by atoms with Crippen molar-refractivity contribution >= 4 is 23.3 Å². The third-order valence-corrected chi connectivity index (χ3v) is 3.43. The summed E-state index contributed by atoms with van der Waals surface area (Å²) in [5, 5.41) is 8.58. The van der Waals surface area contributed by atoms with Gasteiger partial charge < -0.3 is 10.0 Å². The van der Waals surface area contributed by atoms with E-state index in [-0.39, 0.29) is 10.7 Å². The maximum Gasteiger partial charge on any atom is 0.407 e. The number of likely N-dealkylation sites (tertiary alicyclic amines) is 1. The van der Waals surface area contributed by atoms with E-state index < -0.39 is 17.1 Å². The Morgan fingerprint density at radius 1 is 1.53 bits per heavy atom. The molecule has 1 rings (SSSR count). The molecule has 5 nitrogen and oxygen atoms in total. The molecule has 1 N–H and O–H groups in total. The first-order valence-electron chi connectivity index (χ1n) is 4.75. The van der Waals surface area contributed by atoms with Crippen molar-refractivity contribution in [3.8, 4) is 0 Å². The van der Waals surface area contributed by atoms with E-state index in [2.05, 4.69) is 4.40 Å². The quantitative estimate of drug-likeness (QED) is 0.725. The van der Waals surface area contributed by atoms with Crippen LogP contribution in [-0.2, 0) is 11.0 Å². The molecule has 0 aromatic rings. The van der Waals surface area contributed by atoms with Gasteiger partial charge in [-0.1, -0.05) is 0 Å². The van der Waals surface area contributed by atoms with Crippen LogP contribution in [0.3, 0.4) is 0 Å². The van der Waals surface area contributed by atoms with E-state index in [4.69, 9.17) is 5.11 Å². The molecule has 6 heteroatoms. The Balaban J connectivity index is 2.37. The Hall–Kier alpha value is -0.910. The SMILES string of the molecule is CC(C)(C)[S@@](=O)N=CC1CN(C(=O)O)C1. The molecule has 0 aromatic carbocycles. The van der Waals surface area contributed by atoms with Crippen molar-refractivity contribution in [3.05, 3.63) is 0 Å². The summed E-state index contributed by atoms with van der Waals surface area (Å²) in [5.41, 5.74) is 0. The van der Waals surface area contributed by atoms with Crippen molar-refractivity contribution < 1.29 is 14.1 Å². The highest BCUT2D eigenvalue weighted by molar-refractivity contribution is 7.85. The van der Waals surface area contributed by atoms with Crippen molar-refractivity contribution in [1.82, 2.24) is 4.90 Å². The molecule has 0 aromatic heterocycles. The summed E-state index contributed by atoms with van der Waals surface area (Å²) in [6, 6.07) is 0. The fourth-order valence-electron chi connectivity index (χ4n) is 1.06. The number of rotatable bonds is 2. The van der Waals surface area contributed by atoms with Crippen LogP contribution < -0.4 is 0 Å². The molecule has 1 amide bonds. The number of carbonyl (C=O) groups is 1. The van der Waals surface area contributed by atoms with Crippen LogP contribution in [0.1, 0.15) is 20.8 Å². The fourth-order valence-corrected chi connectivity index (χ4v) is 1.66. The van der Waals surface area contributed by atoms with Gasteiger partial charge in [-0.25, -0.2) is 9.00 Å². The minimum Gasteiger partial charge on any atom is -0.465 e. The Kier molecular flexibility index (Phi) is 3.49.